The minimum absolute atomic E-state index is 0.361. The molecule has 0 aliphatic heterocycles. The fraction of sp³-hybridized carbons (Fsp3) is 0.333. The van der Waals surface area contributed by atoms with Gasteiger partial charge in [-0.2, -0.15) is 0 Å². The summed E-state index contributed by atoms with van der Waals surface area (Å²) in [6.07, 6.45) is 1.99. The summed E-state index contributed by atoms with van der Waals surface area (Å²) in [5.41, 5.74) is 2.51. The quantitative estimate of drug-likeness (QED) is 0.684. The summed E-state index contributed by atoms with van der Waals surface area (Å²) < 4.78 is 1.12. The molecule has 3 heteroatoms. The van der Waals surface area contributed by atoms with E-state index < -0.39 is 0 Å². The fourth-order valence-corrected chi connectivity index (χ4v) is 3.20. The first-order chi connectivity index (χ1) is 10.1. The van der Waals surface area contributed by atoms with Crippen molar-refractivity contribution in [3.05, 3.63) is 69.2 Å². The van der Waals surface area contributed by atoms with Crippen LogP contribution in [0.3, 0.4) is 0 Å². The van der Waals surface area contributed by atoms with Crippen LogP contribution in [0.4, 0.5) is 0 Å². The Hall–Kier alpha value is -0.830. The van der Waals surface area contributed by atoms with Gasteiger partial charge in [0.15, 0.2) is 0 Å². The minimum Gasteiger partial charge on any atom is -0.307 e. The third-order valence-corrected chi connectivity index (χ3v) is 4.49. The Morgan fingerprint density at radius 3 is 2.57 bits per heavy atom. The van der Waals surface area contributed by atoms with E-state index in [9.17, 15) is 0 Å². The van der Waals surface area contributed by atoms with E-state index in [2.05, 4.69) is 65.4 Å². The Kier molecular flexibility index (Phi) is 6.28. The molecule has 1 N–H and O–H groups in total. The third-order valence-electron chi connectivity index (χ3n) is 3.63. The van der Waals surface area contributed by atoms with E-state index >= 15 is 0 Å². The lowest BCUT2D eigenvalue weighted by Crippen LogP contribution is -2.32. The first-order valence-corrected chi connectivity index (χ1v) is 8.52. The molecule has 0 aromatic heterocycles. The lowest BCUT2D eigenvalue weighted by molar-refractivity contribution is 0.443. The van der Waals surface area contributed by atoms with Crippen molar-refractivity contribution in [3.8, 4) is 0 Å². The van der Waals surface area contributed by atoms with Gasteiger partial charge in [-0.15, -0.1) is 0 Å². The molecule has 2 aromatic carbocycles. The number of nitrogens with one attached hydrogen (secondary N) is 1. The van der Waals surface area contributed by atoms with Gasteiger partial charge in [0.2, 0.25) is 0 Å². The van der Waals surface area contributed by atoms with Crippen LogP contribution in [0, 0.1) is 0 Å². The molecule has 2 aromatic rings. The molecule has 2 atom stereocenters. The van der Waals surface area contributed by atoms with Crippen LogP contribution in [0.15, 0.2) is 53.0 Å². The van der Waals surface area contributed by atoms with Gasteiger partial charge >= 0.3 is 0 Å². The highest BCUT2D eigenvalue weighted by molar-refractivity contribution is 9.10. The van der Waals surface area contributed by atoms with Crippen molar-refractivity contribution in [1.82, 2.24) is 5.32 Å². The van der Waals surface area contributed by atoms with Crippen LogP contribution < -0.4 is 5.32 Å². The Balaban J connectivity index is 2.03. The molecule has 112 valence electrons. The van der Waals surface area contributed by atoms with E-state index in [-0.39, 0.29) is 0 Å². The van der Waals surface area contributed by atoms with Gasteiger partial charge in [-0.25, -0.2) is 0 Å². The van der Waals surface area contributed by atoms with Crippen LogP contribution in [0.25, 0.3) is 0 Å². The maximum absolute atomic E-state index is 6.24. The summed E-state index contributed by atoms with van der Waals surface area (Å²) in [4.78, 5) is 0. The maximum Gasteiger partial charge on any atom is 0.0438 e. The highest BCUT2D eigenvalue weighted by atomic mass is 79.9. The summed E-state index contributed by atoms with van der Waals surface area (Å²) in [5.74, 6) is 0. The molecule has 0 saturated carbocycles. The number of rotatable bonds is 6. The van der Waals surface area contributed by atoms with Crippen molar-refractivity contribution < 1.29 is 0 Å². The van der Waals surface area contributed by atoms with Crippen LogP contribution in [0.1, 0.15) is 37.4 Å². The SMILES string of the molecule is CCC(NC(C)Cc1ccccc1Cl)c1cccc(Br)c1. The zero-order valence-electron chi connectivity index (χ0n) is 12.4. The van der Waals surface area contributed by atoms with Crippen molar-refractivity contribution in [2.45, 2.75) is 38.8 Å². The van der Waals surface area contributed by atoms with E-state index in [0.29, 0.717) is 12.1 Å². The lowest BCUT2D eigenvalue weighted by Gasteiger charge is -2.23. The zero-order chi connectivity index (χ0) is 15.2. The average Bonchev–Trinajstić information content (AvgIpc) is 2.47. The van der Waals surface area contributed by atoms with Gasteiger partial charge in [0, 0.05) is 21.6 Å². The van der Waals surface area contributed by atoms with Crippen molar-refractivity contribution >= 4 is 27.5 Å². The second-order valence-electron chi connectivity index (χ2n) is 5.38. The third kappa shape index (κ3) is 4.84. The predicted molar refractivity (Wildman–Crippen MR) is 94.9 cm³/mol. The van der Waals surface area contributed by atoms with E-state index in [0.717, 1.165) is 22.3 Å². The highest BCUT2D eigenvalue weighted by Crippen LogP contribution is 2.22. The second kappa shape index (κ2) is 7.98. The smallest absolute Gasteiger partial charge is 0.0438 e. The van der Waals surface area contributed by atoms with E-state index in [1.54, 1.807) is 0 Å². The molecule has 0 amide bonds. The molecule has 0 radical (unpaired) electrons. The molecule has 0 spiro atoms. The van der Waals surface area contributed by atoms with Crippen molar-refractivity contribution in [1.29, 1.82) is 0 Å². The molecule has 0 aliphatic carbocycles. The highest BCUT2D eigenvalue weighted by Gasteiger charge is 2.14. The Labute approximate surface area is 140 Å². The van der Waals surface area contributed by atoms with Gasteiger partial charge in [-0.05, 0) is 49.1 Å². The van der Waals surface area contributed by atoms with Crippen molar-refractivity contribution in [3.63, 3.8) is 0 Å². The Morgan fingerprint density at radius 1 is 1.14 bits per heavy atom. The molecule has 0 aliphatic rings. The molecule has 0 fully saturated rings. The number of hydrogen-bond acceptors (Lipinski definition) is 1. The monoisotopic (exact) mass is 365 g/mol. The molecule has 0 saturated heterocycles. The largest absolute Gasteiger partial charge is 0.307 e. The Bertz CT molecular complexity index is 585. The number of hydrogen-bond donors (Lipinski definition) is 1. The van der Waals surface area contributed by atoms with Crippen molar-refractivity contribution in [2.75, 3.05) is 0 Å². The predicted octanol–water partition coefficient (Wildman–Crippen LogP) is 5.77. The van der Waals surface area contributed by atoms with Crippen LogP contribution in [-0.4, -0.2) is 6.04 Å². The second-order valence-corrected chi connectivity index (χ2v) is 6.70. The molecule has 0 bridgehead atoms. The van der Waals surface area contributed by atoms with Crippen molar-refractivity contribution in [2.24, 2.45) is 0 Å². The first-order valence-electron chi connectivity index (χ1n) is 7.35. The van der Waals surface area contributed by atoms with Gasteiger partial charge in [-0.3, -0.25) is 0 Å². The molecule has 2 rings (SSSR count). The van der Waals surface area contributed by atoms with E-state index in [4.69, 9.17) is 11.6 Å². The number of halogens is 2. The fourth-order valence-electron chi connectivity index (χ4n) is 2.57. The summed E-state index contributed by atoms with van der Waals surface area (Å²) in [6.45, 7) is 4.42. The maximum atomic E-state index is 6.24. The summed E-state index contributed by atoms with van der Waals surface area (Å²) in [5, 5.41) is 4.56. The summed E-state index contributed by atoms with van der Waals surface area (Å²) >= 11 is 9.79. The van der Waals surface area contributed by atoms with Crippen LogP contribution in [0.2, 0.25) is 5.02 Å². The zero-order valence-corrected chi connectivity index (χ0v) is 14.8. The molecule has 1 nitrogen and oxygen atoms in total. The van der Waals surface area contributed by atoms with Gasteiger partial charge < -0.3 is 5.32 Å². The minimum atomic E-state index is 0.361. The van der Waals surface area contributed by atoms with Gasteiger partial charge in [0.05, 0.1) is 0 Å². The van der Waals surface area contributed by atoms with Crippen LogP contribution in [-0.2, 0) is 6.42 Å². The van der Waals surface area contributed by atoms with Crippen LogP contribution >= 0.6 is 27.5 Å². The number of benzene rings is 2. The van der Waals surface area contributed by atoms with Gasteiger partial charge in [-0.1, -0.05) is 64.8 Å². The lowest BCUT2D eigenvalue weighted by atomic mass is 10.0. The van der Waals surface area contributed by atoms with E-state index in [1.165, 1.54) is 11.1 Å². The van der Waals surface area contributed by atoms with Gasteiger partial charge in [0.1, 0.15) is 0 Å². The topological polar surface area (TPSA) is 12.0 Å². The van der Waals surface area contributed by atoms with Gasteiger partial charge in [0.25, 0.3) is 0 Å². The first kappa shape index (κ1) is 16.5. The normalized spacial score (nSPS) is 13.9. The molecular weight excluding hydrogens is 346 g/mol. The molecule has 0 heterocycles. The Morgan fingerprint density at radius 2 is 1.90 bits per heavy atom. The van der Waals surface area contributed by atoms with Crippen LogP contribution in [0.5, 0.6) is 0 Å². The van der Waals surface area contributed by atoms with E-state index in [1.807, 2.05) is 18.2 Å². The molecular formula is C18H21BrClN. The standard InChI is InChI=1S/C18H21BrClN/c1-3-18(15-8-6-9-16(19)12-15)21-13(2)11-14-7-4-5-10-17(14)20/h4-10,12-13,18,21H,3,11H2,1-2H3. The average molecular weight is 367 g/mol. The molecule has 2 unspecified atom stereocenters. The molecule has 21 heavy (non-hydrogen) atoms. The summed E-state index contributed by atoms with van der Waals surface area (Å²) in [6, 6.07) is 17.3. The summed E-state index contributed by atoms with van der Waals surface area (Å²) in [7, 11) is 0.